The van der Waals surface area contributed by atoms with Crippen LogP contribution >= 0.6 is 0 Å². The first-order chi connectivity index (χ1) is 21.3. The van der Waals surface area contributed by atoms with E-state index in [0.29, 0.717) is 16.9 Å². The van der Waals surface area contributed by atoms with Crippen LogP contribution in [0.1, 0.15) is 34.3 Å². The third-order valence-corrected chi connectivity index (χ3v) is 8.88. The van der Waals surface area contributed by atoms with Gasteiger partial charge in [0.25, 0.3) is 5.91 Å². The lowest BCUT2D eigenvalue weighted by Gasteiger charge is -2.36. The molecule has 0 unspecified atom stereocenters. The number of benzene rings is 3. The molecular weight excluding hydrogens is 550 g/mol. The Morgan fingerprint density at radius 1 is 0.932 bits per heavy atom. The van der Waals surface area contributed by atoms with Gasteiger partial charge >= 0.3 is 0 Å². The Labute approximate surface area is 261 Å². The molecule has 2 fully saturated rings. The van der Waals surface area contributed by atoms with Crippen molar-refractivity contribution in [1.82, 2.24) is 14.7 Å². The first-order valence-corrected chi connectivity index (χ1v) is 15.5. The third-order valence-electron chi connectivity index (χ3n) is 8.88. The van der Waals surface area contributed by atoms with E-state index >= 15 is 0 Å². The molecule has 2 aliphatic rings. The number of aliphatic imine (C=N–C) groups is 1. The van der Waals surface area contributed by atoms with Crippen molar-refractivity contribution in [2.75, 3.05) is 75.4 Å². The summed E-state index contributed by atoms with van der Waals surface area (Å²) in [5.41, 5.74) is 6.11. The van der Waals surface area contributed by atoms with Crippen LogP contribution in [0.3, 0.4) is 0 Å². The molecule has 0 bridgehead atoms. The van der Waals surface area contributed by atoms with Crippen LogP contribution in [-0.4, -0.2) is 99.2 Å². The number of rotatable bonds is 10. The van der Waals surface area contributed by atoms with Crippen molar-refractivity contribution in [3.05, 3.63) is 83.4 Å². The number of hydrogen-bond donors (Lipinski definition) is 2. The Hall–Kier alpha value is -4.21. The first-order valence-electron chi connectivity index (χ1n) is 15.5. The number of amides is 2. The Bertz CT molecular complexity index is 1440. The highest BCUT2D eigenvalue weighted by atomic mass is 16.2. The van der Waals surface area contributed by atoms with Crippen LogP contribution in [0.15, 0.2) is 71.7 Å². The van der Waals surface area contributed by atoms with E-state index in [2.05, 4.69) is 86.6 Å². The van der Waals surface area contributed by atoms with Gasteiger partial charge in [-0.2, -0.15) is 0 Å². The molecule has 0 radical (unpaired) electrons. The number of nitrogens with zero attached hydrogens (tertiary/aromatic N) is 5. The van der Waals surface area contributed by atoms with Crippen molar-refractivity contribution in [3.8, 4) is 0 Å². The van der Waals surface area contributed by atoms with Gasteiger partial charge in [-0.15, -0.1) is 0 Å². The Morgan fingerprint density at radius 2 is 1.64 bits per heavy atom. The number of piperazine rings is 1. The Kier molecular flexibility index (Phi) is 10.3. The topological polar surface area (TPSA) is 83.5 Å². The SMILES string of the molecule is C=Nc1cc(C(=O)N(C)C2CCN(C)CC2)ccc1NCC(=O)Nc1ccc(N2CCN(Cc3ccccc3)CC2)cc1C. The summed E-state index contributed by atoms with van der Waals surface area (Å²) in [5, 5.41) is 6.19. The predicted molar refractivity (Wildman–Crippen MR) is 180 cm³/mol. The molecule has 5 rings (SSSR count). The third kappa shape index (κ3) is 7.84. The molecule has 2 N–H and O–H groups in total. The number of anilines is 3. The smallest absolute Gasteiger partial charge is 0.253 e. The Balaban J connectivity index is 1.12. The van der Waals surface area contributed by atoms with Gasteiger partial charge in [-0.05, 0) is 94.1 Å². The van der Waals surface area contributed by atoms with Crippen molar-refractivity contribution < 1.29 is 9.59 Å². The number of likely N-dealkylation sites (tertiary alicyclic amines) is 1. The molecule has 2 amide bonds. The largest absolute Gasteiger partial charge is 0.374 e. The lowest BCUT2D eigenvalue weighted by atomic mass is 10.0. The summed E-state index contributed by atoms with van der Waals surface area (Å²) >= 11 is 0. The summed E-state index contributed by atoms with van der Waals surface area (Å²) in [6, 6.07) is 22.4. The molecular formula is C35H45N7O2. The maximum Gasteiger partial charge on any atom is 0.253 e. The molecule has 0 spiro atoms. The summed E-state index contributed by atoms with van der Waals surface area (Å²) in [6.45, 7) is 12.7. The monoisotopic (exact) mass is 595 g/mol. The van der Waals surface area contributed by atoms with E-state index < -0.39 is 0 Å². The molecule has 232 valence electrons. The van der Waals surface area contributed by atoms with Crippen molar-refractivity contribution >= 4 is 41.3 Å². The van der Waals surface area contributed by atoms with Crippen molar-refractivity contribution in [3.63, 3.8) is 0 Å². The van der Waals surface area contributed by atoms with Crippen LogP contribution in [-0.2, 0) is 11.3 Å². The summed E-state index contributed by atoms with van der Waals surface area (Å²) in [6.07, 6.45) is 1.93. The zero-order valence-corrected chi connectivity index (χ0v) is 26.3. The minimum atomic E-state index is -0.160. The Morgan fingerprint density at radius 3 is 2.32 bits per heavy atom. The molecule has 9 heteroatoms. The molecule has 9 nitrogen and oxygen atoms in total. The predicted octanol–water partition coefficient (Wildman–Crippen LogP) is 4.87. The lowest BCUT2D eigenvalue weighted by Crippen LogP contribution is -2.46. The molecule has 3 aromatic rings. The first kappa shape index (κ1) is 31.2. The molecule has 0 aromatic heterocycles. The van der Waals surface area contributed by atoms with Crippen LogP contribution in [0.25, 0.3) is 0 Å². The number of nitrogens with one attached hydrogen (secondary N) is 2. The normalized spacial score (nSPS) is 16.4. The van der Waals surface area contributed by atoms with E-state index in [1.807, 2.05) is 24.9 Å². The molecule has 0 saturated carbocycles. The highest BCUT2D eigenvalue weighted by Gasteiger charge is 2.25. The van der Waals surface area contributed by atoms with Crippen LogP contribution in [0, 0.1) is 6.92 Å². The quantitative estimate of drug-likeness (QED) is 0.326. The van der Waals surface area contributed by atoms with Gasteiger partial charge in [-0.3, -0.25) is 19.5 Å². The number of piperidine rings is 1. The van der Waals surface area contributed by atoms with Gasteiger partial charge in [-0.25, -0.2) is 0 Å². The number of carbonyl (C=O) groups excluding carboxylic acids is 2. The minimum Gasteiger partial charge on any atom is -0.374 e. The summed E-state index contributed by atoms with van der Waals surface area (Å²) in [4.78, 5) is 39.2. The number of carbonyl (C=O) groups is 2. The fourth-order valence-corrected chi connectivity index (χ4v) is 6.06. The van der Waals surface area contributed by atoms with Gasteiger partial charge in [0.1, 0.15) is 0 Å². The van der Waals surface area contributed by atoms with E-state index in [1.54, 1.807) is 18.2 Å². The second-order valence-electron chi connectivity index (χ2n) is 12.0. The average Bonchev–Trinajstić information content (AvgIpc) is 3.05. The second kappa shape index (κ2) is 14.5. The average molecular weight is 596 g/mol. The van der Waals surface area contributed by atoms with Crippen molar-refractivity contribution in [2.45, 2.75) is 32.4 Å². The second-order valence-corrected chi connectivity index (χ2v) is 12.0. The van der Waals surface area contributed by atoms with Crippen molar-refractivity contribution in [2.24, 2.45) is 4.99 Å². The fraction of sp³-hybridized carbons (Fsp3) is 0.400. The van der Waals surface area contributed by atoms with E-state index in [1.165, 1.54) is 11.3 Å². The molecule has 2 saturated heterocycles. The molecule has 2 aliphatic heterocycles. The van der Waals surface area contributed by atoms with Crippen LogP contribution in [0.5, 0.6) is 0 Å². The summed E-state index contributed by atoms with van der Waals surface area (Å²) in [5.74, 6) is -0.186. The highest BCUT2D eigenvalue weighted by molar-refractivity contribution is 5.97. The molecule has 44 heavy (non-hydrogen) atoms. The maximum absolute atomic E-state index is 13.2. The van der Waals surface area contributed by atoms with Gasteiger partial charge in [0.15, 0.2) is 0 Å². The standard InChI is InChI=1S/C35H45N7O2/c1-26-22-30(42-20-18-41(19-21-42)25-27-8-6-5-7-9-27)11-13-31(26)38-34(43)24-37-32-12-10-28(23-33(32)36-2)35(44)40(4)29-14-16-39(3)17-15-29/h5-13,22-23,29,37H,2,14-21,24-25H2,1,3-4H3,(H,38,43). The molecule has 0 aliphatic carbocycles. The lowest BCUT2D eigenvalue weighted by molar-refractivity contribution is -0.114. The van der Waals surface area contributed by atoms with E-state index in [4.69, 9.17) is 0 Å². The zero-order chi connectivity index (χ0) is 31.1. The molecule has 3 aromatic carbocycles. The van der Waals surface area contributed by atoms with Gasteiger partial charge in [0.2, 0.25) is 5.91 Å². The minimum absolute atomic E-state index is 0.0262. The van der Waals surface area contributed by atoms with E-state index in [9.17, 15) is 9.59 Å². The van der Waals surface area contributed by atoms with E-state index in [0.717, 1.165) is 69.9 Å². The maximum atomic E-state index is 13.2. The van der Waals surface area contributed by atoms with Gasteiger partial charge in [-0.1, -0.05) is 30.3 Å². The molecule has 2 heterocycles. The zero-order valence-electron chi connectivity index (χ0n) is 26.3. The van der Waals surface area contributed by atoms with Crippen molar-refractivity contribution in [1.29, 1.82) is 0 Å². The highest BCUT2D eigenvalue weighted by Crippen LogP contribution is 2.28. The van der Waals surface area contributed by atoms with Gasteiger partial charge < -0.3 is 25.3 Å². The summed E-state index contributed by atoms with van der Waals surface area (Å²) in [7, 11) is 3.98. The molecule has 0 atom stereocenters. The van der Waals surface area contributed by atoms with E-state index in [-0.39, 0.29) is 24.4 Å². The number of hydrogen-bond acceptors (Lipinski definition) is 7. The summed E-state index contributed by atoms with van der Waals surface area (Å²) < 4.78 is 0. The number of aryl methyl sites for hydroxylation is 1. The van der Waals surface area contributed by atoms with Crippen LogP contribution in [0.2, 0.25) is 0 Å². The van der Waals surface area contributed by atoms with Crippen LogP contribution in [0.4, 0.5) is 22.7 Å². The fourth-order valence-electron chi connectivity index (χ4n) is 6.06. The van der Waals surface area contributed by atoms with Crippen LogP contribution < -0.4 is 15.5 Å². The van der Waals surface area contributed by atoms with Gasteiger partial charge in [0, 0.05) is 62.8 Å². The van der Waals surface area contributed by atoms with Gasteiger partial charge in [0.05, 0.1) is 17.9 Å².